The number of benzene rings is 2. The van der Waals surface area contributed by atoms with Gasteiger partial charge in [-0.15, -0.1) is 0 Å². The highest BCUT2D eigenvalue weighted by molar-refractivity contribution is 6.30. The molecule has 36 heavy (non-hydrogen) atoms. The molecule has 0 bridgehead atoms. The molecule has 2 N–H and O–H groups in total. The maximum atomic E-state index is 13.4. The number of rotatable bonds is 7. The van der Waals surface area contributed by atoms with Crippen LogP contribution in [-0.4, -0.2) is 61.6 Å². The number of carbonyl (C=O) groups excluding carboxylic acids is 2. The van der Waals surface area contributed by atoms with Gasteiger partial charge in [0.05, 0.1) is 25.3 Å². The number of esters is 1. The van der Waals surface area contributed by atoms with Crippen molar-refractivity contribution in [3.05, 3.63) is 59.1 Å². The van der Waals surface area contributed by atoms with Gasteiger partial charge in [0.25, 0.3) is 0 Å². The number of nitrogens with zero attached hydrogens (tertiary/aromatic N) is 4. The maximum Gasteiger partial charge on any atom is 0.326 e. The second kappa shape index (κ2) is 13.2. The Kier molecular flexibility index (Phi) is 9.99. The molecule has 0 aliphatic carbocycles. The molecule has 1 aliphatic heterocycles. The second-order valence-corrected chi connectivity index (χ2v) is 9.62. The van der Waals surface area contributed by atoms with Crippen LogP contribution in [0.5, 0.6) is 0 Å². The molecule has 1 saturated heterocycles. The van der Waals surface area contributed by atoms with Crippen LogP contribution in [0.3, 0.4) is 0 Å². The van der Waals surface area contributed by atoms with E-state index in [1.807, 2.05) is 36.4 Å². The summed E-state index contributed by atoms with van der Waals surface area (Å²) in [5.41, 5.74) is 9.05. The highest BCUT2D eigenvalue weighted by Crippen LogP contribution is 2.23. The SMILES string of the molecule is COC(=O)[C@@H](C)CN(C)C(=O)N(Cc1ccc(Cl)cc1)/C(N)=N/c1ccc(N2CCCCCC2)cc1. The second-order valence-electron chi connectivity index (χ2n) is 9.19. The van der Waals surface area contributed by atoms with Crippen LogP contribution in [0.25, 0.3) is 0 Å². The number of ether oxygens (including phenoxy) is 1. The van der Waals surface area contributed by atoms with Gasteiger partial charge in [-0.2, -0.15) is 0 Å². The summed E-state index contributed by atoms with van der Waals surface area (Å²) in [6, 6.07) is 14.8. The van der Waals surface area contributed by atoms with E-state index >= 15 is 0 Å². The first-order valence-corrected chi connectivity index (χ1v) is 12.7. The minimum Gasteiger partial charge on any atom is -0.469 e. The third kappa shape index (κ3) is 7.62. The summed E-state index contributed by atoms with van der Waals surface area (Å²) in [4.78, 5) is 35.0. The number of nitrogens with two attached hydrogens (primary N) is 1. The minimum atomic E-state index is -0.481. The Labute approximate surface area is 218 Å². The molecule has 2 aromatic rings. The number of aliphatic imine (C=N–C) groups is 1. The largest absolute Gasteiger partial charge is 0.469 e. The van der Waals surface area contributed by atoms with Crippen molar-refractivity contribution in [1.29, 1.82) is 0 Å². The van der Waals surface area contributed by atoms with Gasteiger partial charge < -0.3 is 20.3 Å². The van der Waals surface area contributed by atoms with Crippen LogP contribution >= 0.6 is 11.6 Å². The first-order chi connectivity index (χ1) is 17.3. The lowest BCUT2D eigenvalue weighted by Gasteiger charge is -2.28. The van der Waals surface area contributed by atoms with Crippen LogP contribution in [0, 0.1) is 5.92 Å². The Morgan fingerprint density at radius 1 is 1.06 bits per heavy atom. The summed E-state index contributed by atoms with van der Waals surface area (Å²) in [5.74, 6) is -0.800. The van der Waals surface area contributed by atoms with Gasteiger partial charge in [-0.1, -0.05) is 43.5 Å². The minimum absolute atomic E-state index is 0.0649. The zero-order valence-electron chi connectivity index (χ0n) is 21.3. The Hall–Kier alpha value is -3.26. The standard InChI is InChI=1S/C27H36ClN5O3/c1-20(25(34)36-3)18-31(2)27(35)33(19-21-8-10-22(28)11-9-21)26(29)30-23-12-14-24(15-13-23)32-16-6-4-5-7-17-32/h8-15,20H,4-7,16-19H2,1-3H3,(H2,29,30)/t20-/m0/s1. The fourth-order valence-electron chi connectivity index (χ4n) is 4.25. The normalized spacial score (nSPS) is 15.1. The van der Waals surface area contributed by atoms with Crippen molar-refractivity contribution in [3.63, 3.8) is 0 Å². The average Bonchev–Trinajstić information content (AvgIpc) is 3.17. The van der Waals surface area contributed by atoms with E-state index in [0.29, 0.717) is 10.7 Å². The van der Waals surface area contributed by atoms with Gasteiger partial charge in [0, 0.05) is 37.4 Å². The van der Waals surface area contributed by atoms with Crippen molar-refractivity contribution in [2.75, 3.05) is 38.7 Å². The number of methoxy groups -OCH3 is 1. The van der Waals surface area contributed by atoms with Crippen molar-refractivity contribution in [2.45, 2.75) is 39.2 Å². The van der Waals surface area contributed by atoms with Crippen LogP contribution in [0.1, 0.15) is 38.2 Å². The number of amides is 2. The molecule has 8 nitrogen and oxygen atoms in total. The first-order valence-electron chi connectivity index (χ1n) is 12.3. The molecule has 1 atom stereocenters. The maximum absolute atomic E-state index is 13.4. The number of anilines is 1. The third-order valence-corrected chi connectivity index (χ3v) is 6.56. The zero-order chi connectivity index (χ0) is 26.1. The molecule has 2 aromatic carbocycles. The van der Waals surface area contributed by atoms with E-state index < -0.39 is 5.92 Å². The van der Waals surface area contributed by atoms with Crippen molar-refractivity contribution >= 4 is 40.9 Å². The topological polar surface area (TPSA) is 91.5 Å². The fraction of sp³-hybridized carbons (Fsp3) is 0.444. The van der Waals surface area contributed by atoms with Crippen LogP contribution in [0.15, 0.2) is 53.5 Å². The number of guanidine groups is 1. The predicted molar refractivity (Wildman–Crippen MR) is 145 cm³/mol. The Morgan fingerprint density at radius 2 is 1.67 bits per heavy atom. The molecule has 1 heterocycles. The lowest BCUT2D eigenvalue weighted by molar-refractivity contribution is -0.145. The van der Waals surface area contributed by atoms with Gasteiger partial charge in [0.2, 0.25) is 5.96 Å². The molecule has 9 heteroatoms. The van der Waals surface area contributed by atoms with E-state index in [0.717, 1.165) is 18.7 Å². The molecule has 1 aliphatic rings. The average molecular weight is 514 g/mol. The summed E-state index contributed by atoms with van der Waals surface area (Å²) < 4.78 is 4.79. The molecule has 1 fully saturated rings. The molecule has 0 saturated carbocycles. The van der Waals surface area contributed by atoms with Crippen molar-refractivity contribution in [3.8, 4) is 0 Å². The highest BCUT2D eigenvalue weighted by atomic mass is 35.5. The molecule has 2 amide bonds. The zero-order valence-corrected chi connectivity index (χ0v) is 22.1. The van der Waals surface area contributed by atoms with Gasteiger partial charge in [-0.3, -0.25) is 9.69 Å². The van der Waals surface area contributed by atoms with Gasteiger partial charge in [0.1, 0.15) is 0 Å². The first kappa shape index (κ1) is 27.3. The molecule has 194 valence electrons. The molecule has 0 spiro atoms. The number of halogens is 1. The molecule has 0 unspecified atom stereocenters. The Balaban J connectivity index is 1.81. The van der Waals surface area contributed by atoms with E-state index in [1.165, 1.54) is 48.3 Å². The lowest BCUT2D eigenvalue weighted by atomic mass is 10.2. The van der Waals surface area contributed by atoms with Crippen molar-refractivity contribution in [1.82, 2.24) is 9.80 Å². The van der Waals surface area contributed by atoms with Crippen LogP contribution in [-0.2, 0) is 16.1 Å². The van der Waals surface area contributed by atoms with Gasteiger partial charge in [-0.05, 0) is 54.8 Å². The van der Waals surface area contributed by atoms with Crippen molar-refractivity contribution in [2.24, 2.45) is 16.6 Å². The molecular formula is C27H36ClN5O3. The van der Waals surface area contributed by atoms with Gasteiger partial charge in [-0.25, -0.2) is 9.79 Å². The number of carbonyl (C=O) groups is 2. The predicted octanol–water partition coefficient (Wildman–Crippen LogP) is 5.03. The summed E-state index contributed by atoms with van der Waals surface area (Å²) in [5, 5.41) is 0.604. The number of hydrogen-bond donors (Lipinski definition) is 1. The lowest BCUT2D eigenvalue weighted by Crippen LogP contribution is -2.48. The Bertz CT molecular complexity index is 1030. The molecule has 3 rings (SSSR count). The highest BCUT2D eigenvalue weighted by Gasteiger charge is 2.25. The number of hydrogen-bond acceptors (Lipinski definition) is 5. The van der Waals surface area contributed by atoms with E-state index in [2.05, 4.69) is 9.89 Å². The summed E-state index contributed by atoms with van der Waals surface area (Å²) >= 11 is 6.03. The molecule has 0 aromatic heterocycles. The Morgan fingerprint density at radius 3 is 2.25 bits per heavy atom. The summed E-state index contributed by atoms with van der Waals surface area (Å²) in [6.45, 7) is 4.21. The van der Waals surface area contributed by atoms with E-state index in [4.69, 9.17) is 22.1 Å². The molecule has 0 radical (unpaired) electrons. The molecular weight excluding hydrogens is 478 g/mol. The quantitative estimate of drug-likeness (QED) is 0.318. The van der Waals surface area contributed by atoms with Crippen LogP contribution in [0.4, 0.5) is 16.2 Å². The van der Waals surface area contributed by atoms with Crippen LogP contribution in [0.2, 0.25) is 5.02 Å². The monoisotopic (exact) mass is 513 g/mol. The van der Waals surface area contributed by atoms with Gasteiger partial charge in [0.15, 0.2) is 0 Å². The van der Waals surface area contributed by atoms with Crippen molar-refractivity contribution < 1.29 is 14.3 Å². The summed E-state index contributed by atoms with van der Waals surface area (Å²) in [6.07, 6.45) is 4.97. The number of urea groups is 1. The summed E-state index contributed by atoms with van der Waals surface area (Å²) in [7, 11) is 2.95. The van der Waals surface area contributed by atoms with Gasteiger partial charge >= 0.3 is 12.0 Å². The van der Waals surface area contributed by atoms with E-state index in [-0.39, 0.29) is 31.0 Å². The van der Waals surface area contributed by atoms with E-state index in [1.54, 1.807) is 26.1 Å². The third-order valence-electron chi connectivity index (χ3n) is 6.30. The smallest absolute Gasteiger partial charge is 0.326 e. The van der Waals surface area contributed by atoms with Crippen LogP contribution < -0.4 is 10.6 Å². The van der Waals surface area contributed by atoms with E-state index in [9.17, 15) is 9.59 Å². The fourth-order valence-corrected chi connectivity index (χ4v) is 4.38.